The van der Waals surface area contributed by atoms with Crippen molar-refractivity contribution in [2.24, 2.45) is 5.41 Å². The van der Waals surface area contributed by atoms with Crippen LogP contribution in [0.2, 0.25) is 0 Å². The third-order valence-corrected chi connectivity index (χ3v) is 8.67. The lowest BCUT2D eigenvalue weighted by molar-refractivity contribution is 0.356. The van der Waals surface area contributed by atoms with Crippen LogP contribution in [0.15, 0.2) is 81.8 Å². The standard InChI is InChI=1S/C29H31NS2/c1-5-22-23-11-7-9-13-25(23)31-27(22)16-20-15-21(19-29(3,4)18-20)17-28-30(6-2)24-12-8-10-14-26(24)32-28/h7-17H,5-6,18-19H2,1-4H3. The zero-order valence-corrected chi connectivity index (χ0v) is 21.1. The Morgan fingerprint density at radius 1 is 0.969 bits per heavy atom. The first-order chi connectivity index (χ1) is 15.5. The molecule has 0 saturated heterocycles. The molecule has 0 saturated carbocycles. The van der Waals surface area contributed by atoms with Crippen LogP contribution in [0.5, 0.6) is 0 Å². The van der Waals surface area contributed by atoms with Crippen molar-refractivity contribution in [1.29, 1.82) is 0 Å². The van der Waals surface area contributed by atoms with Gasteiger partial charge in [0.2, 0.25) is 0 Å². The lowest BCUT2D eigenvalue weighted by Crippen LogP contribution is -2.19. The van der Waals surface area contributed by atoms with Gasteiger partial charge in [0.1, 0.15) is 0 Å². The van der Waals surface area contributed by atoms with Gasteiger partial charge in [-0.25, -0.2) is 0 Å². The van der Waals surface area contributed by atoms with Gasteiger partial charge in [-0.05, 0) is 84.0 Å². The summed E-state index contributed by atoms with van der Waals surface area (Å²) in [4.78, 5) is 5.25. The number of allylic oxidation sites excluding steroid dienone is 4. The van der Waals surface area contributed by atoms with Crippen LogP contribution >= 0.6 is 23.1 Å². The molecule has 0 radical (unpaired) electrons. The number of fused-ring (bicyclic) bond motifs is 2. The van der Waals surface area contributed by atoms with E-state index in [4.69, 9.17) is 0 Å². The van der Waals surface area contributed by atoms with Gasteiger partial charge < -0.3 is 4.90 Å². The maximum atomic E-state index is 2.47. The van der Waals surface area contributed by atoms with E-state index in [0.29, 0.717) is 0 Å². The Kier molecular flexibility index (Phi) is 5.81. The van der Waals surface area contributed by atoms with Gasteiger partial charge >= 0.3 is 0 Å². The quantitative estimate of drug-likeness (QED) is 0.384. The molecule has 0 fully saturated rings. The van der Waals surface area contributed by atoms with Crippen molar-refractivity contribution in [3.63, 3.8) is 0 Å². The highest BCUT2D eigenvalue weighted by Crippen LogP contribution is 2.48. The number of thioether (sulfide) groups is 1. The van der Waals surface area contributed by atoms with E-state index in [-0.39, 0.29) is 5.41 Å². The molecule has 3 heteroatoms. The molecule has 0 bridgehead atoms. The Labute approximate surface area is 200 Å². The lowest BCUT2D eigenvalue weighted by atomic mass is 9.75. The van der Waals surface area contributed by atoms with E-state index in [1.165, 1.54) is 47.3 Å². The van der Waals surface area contributed by atoms with Gasteiger partial charge in [-0.2, -0.15) is 0 Å². The number of anilines is 1. The lowest BCUT2D eigenvalue weighted by Gasteiger charge is -2.31. The van der Waals surface area contributed by atoms with E-state index in [1.807, 2.05) is 23.1 Å². The Bertz CT molecular complexity index is 1260. The fraction of sp³-hybridized carbons (Fsp3) is 0.310. The third-order valence-electron chi connectivity index (χ3n) is 6.40. The minimum Gasteiger partial charge on any atom is -0.335 e. The number of nitrogens with zero attached hydrogens (tertiary/aromatic N) is 1. The van der Waals surface area contributed by atoms with Crippen molar-refractivity contribution >= 4 is 44.9 Å². The number of hydrogen-bond acceptors (Lipinski definition) is 3. The van der Waals surface area contributed by atoms with Crippen LogP contribution in [0.3, 0.4) is 0 Å². The molecule has 2 heterocycles. The highest BCUT2D eigenvalue weighted by Gasteiger charge is 2.28. The van der Waals surface area contributed by atoms with Crippen molar-refractivity contribution in [3.05, 3.63) is 87.3 Å². The zero-order chi connectivity index (χ0) is 22.3. The second kappa shape index (κ2) is 8.61. The first kappa shape index (κ1) is 21.6. The summed E-state index contributed by atoms with van der Waals surface area (Å²) in [5, 5.41) is 2.78. The first-order valence-electron chi connectivity index (χ1n) is 11.6. The molecule has 2 aliphatic rings. The van der Waals surface area contributed by atoms with Crippen molar-refractivity contribution < 1.29 is 0 Å². The van der Waals surface area contributed by atoms with Gasteiger partial charge in [0.25, 0.3) is 0 Å². The summed E-state index contributed by atoms with van der Waals surface area (Å²) in [7, 11) is 0. The number of hydrogen-bond donors (Lipinski definition) is 0. The normalized spacial score (nSPS) is 20.2. The molecule has 1 nitrogen and oxygen atoms in total. The van der Waals surface area contributed by atoms with E-state index in [1.54, 1.807) is 0 Å². The molecule has 0 N–H and O–H groups in total. The fourth-order valence-electron chi connectivity index (χ4n) is 5.11. The summed E-state index contributed by atoms with van der Waals surface area (Å²) in [6.07, 6.45) is 10.7. The Morgan fingerprint density at radius 3 is 2.56 bits per heavy atom. The van der Waals surface area contributed by atoms with Crippen LogP contribution in [0.1, 0.15) is 51.0 Å². The molecule has 0 unspecified atom stereocenters. The van der Waals surface area contributed by atoms with E-state index in [0.717, 1.165) is 25.8 Å². The smallest absolute Gasteiger partial charge is 0.0804 e. The zero-order valence-electron chi connectivity index (χ0n) is 19.4. The van der Waals surface area contributed by atoms with Crippen molar-refractivity contribution in [2.45, 2.75) is 51.9 Å². The molecule has 5 rings (SSSR count). The Balaban J connectivity index is 1.54. The van der Waals surface area contributed by atoms with Crippen LogP contribution in [0.25, 0.3) is 16.2 Å². The minimum atomic E-state index is 0.267. The summed E-state index contributed by atoms with van der Waals surface area (Å²) < 4.78 is 1.40. The largest absolute Gasteiger partial charge is 0.335 e. The summed E-state index contributed by atoms with van der Waals surface area (Å²) in [6.45, 7) is 10.3. The molecule has 2 aromatic carbocycles. The predicted octanol–water partition coefficient (Wildman–Crippen LogP) is 9.07. The fourth-order valence-corrected chi connectivity index (χ4v) is 7.58. The summed E-state index contributed by atoms with van der Waals surface area (Å²) in [5.41, 5.74) is 6.01. The van der Waals surface area contributed by atoms with Gasteiger partial charge in [-0.1, -0.05) is 68.9 Å². The molecule has 3 aromatic rings. The van der Waals surface area contributed by atoms with Crippen LogP contribution in [0, 0.1) is 5.41 Å². The topological polar surface area (TPSA) is 3.24 Å². The average Bonchev–Trinajstić information content (AvgIpc) is 3.28. The van der Waals surface area contributed by atoms with E-state index < -0.39 is 0 Å². The highest BCUT2D eigenvalue weighted by atomic mass is 32.2. The van der Waals surface area contributed by atoms with Gasteiger partial charge in [0, 0.05) is 21.0 Å². The molecule has 0 atom stereocenters. The van der Waals surface area contributed by atoms with E-state index in [2.05, 4.69) is 99.4 Å². The van der Waals surface area contributed by atoms with Gasteiger partial charge in [0.05, 0.1) is 10.7 Å². The first-order valence-corrected chi connectivity index (χ1v) is 13.3. The molecule has 1 aliphatic carbocycles. The summed E-state index contributed by atoms with van der Waals surface area (Å²) in [6, 6.07) is 17.6. The Hall–Kier alpha value is -2.23. The number of thiophene rings is 1. The molecule has 164 valence electrons. The molecule has 1 aromatic heterocycles. The molecule has 32 heavy (non-hydrogen) atoms. The second-order valence-corrected chi connectivity index (χ2v) is 11.7. The van der Waals surface area contributed by atoms with Crippen LogP contribution in [0.4, 0.5) is 5.69 Å². The number of aryl methyl sites for hydroxylation is 1. The number of rotatable bonds is 4. The van der Waals surface area contributed by atoms with Gasteiger partial charge in [0.15, 0.2) is 0 Å². The minimum absolute atomic E-state index is 0.267. The molecule has 0 spiro atoms. The summed E-state index contributed by atoms with van der Waals surface area (Å²) in [5.74, 6) is 0. The maximum Gasteiger partial charge on any atom is 0.0804 e. The molecule has 1 aliphatic heterocycles. The van der Waals surface area contributed by atoms with Crippen LogP contribution in [-0.4, -0.2) is 6.54 Å². The predicted molar refractivity (Wildman–Crippen MR) is 144 cm³/mol. The van der Waals surface area contributed by atoms with Gasteiger partial charge in [-0.15, -0.1) is 11.3 Å². The molecular weight excluding hydrogens is 426 g/mol. The SMILES string of the molecule is CCc1c(C=C2C=C(C=C3Sc4ccccc4N3CC)CC(C)(C)C2)sc2ccccc12. The Morgan fingerprint density at radius 2 is 1.75 bits per heavy atom. The monoisotopic (exact) mass is 457 g/mol. The summed E-state index contributed by atoms with van der Waals surface area (Å²) >= 11 is 3.84. The maximum absolute atomic E-state index is 2.47. The molecule has 0 amide bonds. The van der Waals surface area contributed by atoms with Crippen LogP contribution < -0.4 is 4.90 Å². The van der Waals surface area contributed by atoms with Gasteiger partial charge in [-0.3, -0.25) is 0 Å². The van der Waals surface area contributed by atoms with E-state index >= 15 is 0 Å². The third kappa shape index (κ3) is 4.09. The molecular formula is C29H31NS2. The second-order valence-electron chi connectivity index (χ2n) is 9.55. The average molecular weight is 458 g/mol. The number of benzene rings is 2. The van der Waals surface area contributed by atoms with Crippen molar-refractivity contribution in [2.75, 3.05) is 11.4 Å². The van der Waals surface area contributed by atoms with E-state index in [9.17, 15) is 0 Å². The number of para-hydroxylation sites is 1. The van der Waals surface area contributed by atoms with Crippen molar-refractivity contribution in [3.8, 4) is 0 Å². The highest BCUT2D eigenvalue weighted by molar-refractivity contribution is 8.03. The van der Waals surface area contributed by atoms with Crippen LogP contribution in [-0.2, 0) is 6.42 Å². The van der Waals surface area contributed by atoms with Crippen molar-refractivity contribution in [1.82, 2.24) is 0 Å².